The number of hydrogen-bond acceptors (Lipinski definition) is 1. The molecule has 0 aliphatic heterocycles. The monoisotopic (exact) mass is 287 g/mol. The molecule has 0 spiro atoms. The Morgan fingerprint density at radius 2 is 1.75 bits per heavy atom. The number of amides is 1. The maximum absolute atomic E-state index is 12.5. The van der Waals surface area contributed by atoms with Crippen LogP contribution in [0.5, 0.6) is 0 Å². The van der Waals surface area contributed by atoms with Crippen molar-refractivity contribution in [3.05, 3.63) is 64.7 Å². The molecular weight excluding hydrogens is 270 g/mol. The summed E-state index contributed by atoms with van der Waals surface area (Å²) in [6, 6.07) is 15.2. The number of nitrogens with one attached hydrogen (secondary N) is 1. The first-order valence-electron chi connectivity index (χ1n) is 6.54. The second-order valence-electron chi connectivity index (χ2n) is 5.40. The van der Waals surface area contributed by atoms with E-state index in [1.54, 1.807) is 6.07 Å². The van der Waals surface area contributed by atoms with Gasteiger partial charge in [-0.05, 0) is 44.0 Å². The Hall–Kier alpha value is -1.80. The highest BCUT2D eigenvalue weighted by atomic mass is 35.5. The molecule has 0 aliphatic rings. The van der Waals surface area contributed by atoms with Crippen LogP contribution < -0.4 is 5.32 Å². The van der Waals surface area contributed by atoms with E-state index in [1.165, 1.54) is 0 Å². The van der Waals surface area contributed by atoms with Gasteiger partial charge in [-0.3, -0.25) is 4.79 Å². The van der Waals surface area contributed by atoms with Crippen LogP contribution in [0.3, 0.4) is 0 Å². The molecule has 0 aromatic heterocycles. The standard InChI is InChI=1S/C17H18ClNO/c1-12-9-10-14(18)11-15(12)19-16(20)17(2,3)13-7-5-4-6-8-13/h4-11H,1-3H3,(H,19,20). The molecule has 0 heterocycles. The molecule has 0 saturated heterocycles. The fraction of sp³-hybridized carbons (Fsp3) is 0.235. The molecule has 0 fully saturated rings. The minimum absolute atomic E-state index is 0.0472. The summed E-state index contributed by atoms with van der Waals surface area (Å²) in [5.41, 5.74) is 2.13. The Kier molecular flexibility index (Phi) is 4.15. The molecule has 20 heavy (non-hydrogen) atoms. The number of carbonyl (C=O) groups is 1. The van der Waals surface area contributed by atoms with Crippen molar-refractivity contribution in [3.8, 4) is 0 Å². The first kappa shape index (κ1) is 14.6. The van der Waals surface area contributed by atoms with Crippen LogP contribution in [0.4, 0.5) is 5.69 Å². The van der Waals surface area contributed by atoms with Gasteiger partial charge >= 0.3 is 0 Å². The van der Waals surface area contributed by atoms with E-state index in [0.717, 1.165) is 16.8 Å². The number of hydrogen-bond donors (Lipinski definition) is 1. The van der Waals surface area contributed by atoms with Crippen molar-refractivity contribution in [1.29, 1.82) is 0 Å². The molecule has 0 radical (unpaired) electrons. The Morgan fingerprint density at radius 1 is 1.10 bits per heavy atom. The van der Waals surface area contributed by atoms with Gasteiger partial charge in [0.2, 0.25) is 5.91 Å². The third-order valence-electron chi connectivity index (χ3n) is 3.51. The highest BCUT2D eigenvalue weighted by molar-refractivity contribution is 6.31. The second-order valence-corrected chi connectivity index (χ2v) is 5.84. The van der Waals surface area contributed by atoms with Crippen LogP contribution in [-0.4, -0.2) is 5.91 Å². The third kappa shape index (κ3) is 3.02. The van der Waals surface area contributed by atoms with Crippen LogP contribution in [0.15, 0.2) is 48.5 Å². The molecule has 2 aromatic carbocycles. The average Bonchev–Trinajstić information content (AvgIpc) is 2.43. The van der Waals surface area contributed by atoms with E-state index >= 15 is 0 Å². The summed E-state index contributed by atoms with van der Waals surface area (Å²) in [4.78, 5) is 12.5. The van der Waals surface area contributed by atoms with Crippen LogP contribution in [-0.2, 0) is 10.2 Å². The second kappa shape index (κ2) is 5.68. The molecular formula is C17H18ClNO. The molecule has 1 N–H and O–H groups in total. The summed E-state index contributed by atoms with van der Waals surface area (Å²) >= 11 is 5.98. The predicted molar refractivity (Wildman–Crippen MR) is 84.3 cm³/mol. The van der Waals surface area contributed by atoms with E-state index in [1.807, 2.05) is 63.2 Å². The van der Waals surface area contributed by atoms with E-state index in [9.17, 15) is 4.79 Å². The van der Waals surface area contributed by atoms with E-state index < -0.39 is 5.41 Å². The summed E-state index contributed by atoms with van der Waals surface area (Å²) in [7, 11) is 0. The molecule has 0 saturated carbocycles. The van der Waals surface area contributed by atoms with E-state index in [0.29, 0.717) is 5.02 Å². The molecule has 3 heteroatoms. The number of halogens is 1. The minimum Gasteiger partial charge on any atom is -0.325 e. The predicted octanol–water partition coefficient (Wildman–Crippen LogP) is 4.56. The largest absolute Gasteiger partial charge is 0.325 e. The van der Waals surface area contributed by atoms with E-state index in [-0.39, 0.29) is 5.91 Å². The van der Waals surface area contributed by atoms with Crippen LogP contribution in [0.2, 0.25) is 5.02 Å². The van der Waals surface area contributed by atoms with Crippen LogP contribution in [0.1, 0.15) is 25.0 Å². The maximum Gasteiger partial charge on any atom is 0.234 e. The molecule has 104 valence electrons. The topological polar surface area (TPSA) is 29.1 Å². The van der Waals surface area contributed by atoms with Crippen molar-refractivity contribution in [2.45, 2.75) is 26.2 Å². The smallest absolute Gasteiger partial charge is 0.234 e. The minimum atomic E-state index is -0.601. The van der Waals surface area contributed by atoms with Gasteiger partial charge < -0.3 is 5.32 Å². The number of aryl methyl sites for hydroxylation is 1. The van der Waals surface area contributed by atoms with Crippen molar-refractivity contribution >= 4 is 23.2 Å². The summed E-state index contributed by atoms with van der Waals surface area (Å²) in [5, 5.41) is 3.58. The lowest BCUT2D eigenvalue weighted by molar-refractivity contribution is -0.120. The lowest BCUT2D eigenvalue weighted by Crippen LogP contribution is -2.34. The van der Waals surface area contributed by atoms with Gasteiger partial charge in [0.1, 0.15) is 0 Å². The normalized spacial score (nSPS) is 11.2. The Balaban J connectivity index is 2.26. The molecule has 2 rings (SSSR count). The van der Waals surface area contributed by atoms with Crippen molar-refractivity contribution in [2.75, 3.05) is 5.32 Å². The van der Waals surface area contributed by atoms with Gasteiger partial charge in [0, 0.05) is 10.7 Å². The van der Waals surface area contributed by atoms with Crippen LogP contribution in [0, 0.1) is 6.92 Å². The number of carbonyl (C=O) groups excluding carboxylic acids is 1. The van der Waals surface area contributed by atoms with Gasteiger partial charge in [0.05, 0.1) is 5.41 Å². The Bertz CT molecular complexity index is 620. The highest BCUT2D eigenvalue weighted by Crippen LogP contribution is 2.27. The summed E-state index contributed by atoms with van der Waals surface area (Å²) in [5.74, 6) is -0.0472. The van der Waals surface area contributed by atoms with Gasteiger partial charge in [-0.2, -0.15) is 0 Å². The van der Waals surface area contributed by atoms with Crippen molar-refractivity contribution in [1.82, 2.24) is 0 Å². The lowest BCUT2D eigenvalue weighted by atomic mass is 9.83. The van der Waals surface area contributed by atoms with Gasteiger partial charge in [-0.15, -0.1) is 0 Å². The first-order valence-corrected chi connectivity index (χ1v) is 6.92. The molecule has 0 aliphatic carbocycles. The third-order valence-corrected chi connectivity index (χ3v) is 3.75. The summed E-state index contributed by atoms with van der Waals surface area (Å²) in [6.07, 6.45) is 0. The zero-order valence-corrected chi connectivity index (χ0v) is 12.7. The quantitative estimate of drug-likeness (QED) is 0.880. The SMILES string of the molecule is Cc1ccc(Cl)cc1NC(=O)C(C)(C)c1ccccc1. The molecule has 1 amide bonds. The zero-order valence-electron chi connectivity index (χ0n) is 11.9. The van der Waals surface area contributed by atoms with Gasteiger partial charge in [-0.1, -0.05) is 48.0 Å². The number of rotatable bonds is 3. The number of benzene rings is 2. The van der Waals surface area contributed by atoms with Crippen molar-refractivity contribution in [2.24, 2.45) is 0 Å². The summed E-state index contributed by atoms with van der Waals surface area (Å²) < 4.78 is 0. The fourth-order valence-electron chi connectivity index (χ4n) is 1.99. The van der Waals surface area contributed by atoms with Crippen molar-refractivity contribution < 1.29 is 4.79 Å². The lowest BCUT2D eigenvalue weighted by Gasteiger charge is -2.24. The highest BCUT2D eigenvalue weighted by Gasteiger charge is 2.29. The van der Waals surface area contributed by atoms with E-state index in [2.05, 4.69) is 5.32 Å². The maximum atomic E-state index is 12.5. The van der Waals surface area contributed by atoms with Crippen molar-refractivity contribution in [3.63, 3.8) is 0 Å². The van der Waals surface area contributed by atoms with Gasteiger partial charge in [0.15, 0.2) is 0 Å². The molecule has 0 atom stereocenters. The summed E-state index contributed by atoms with van der Waals surface area (Å²) in [6.45, 7) is 5.77. The zero-order chi connectivity index (χ0) is 14.8. The number of anilines is 1. The molecule has 2 aromatic rings. The molecule has 0 bridgehead atoms. The average molecular weight is 288 g/mol. The Morgan fingerprint density at radius 3 is 2.40 bits per heavy atom. The van der Waals surface area contributed by atoms with Crippen LogP contribution >= 0.6 is 11.6 Å². The first-order chi connectivity index (χ1) is 9.41. The van der Waals surface area contributed by atoms with Crippen LogP contribution in [0.25, 0.3) is 0 Å². The van der Waals surface area contributed by atoms with E-state index in [4.69, 9.17) is 11.6 Å². The molecule has 0 unspecified atom stereocenters. The fourth-order valence-corrected chi connectivity index (χ4v) is 2.17. The molecule has 2 nitrogen and oxygen atoms in total. The Labute approximate surface area is 124 Å². The van der Waals surface area contributed by atoms with Gasteiger partial charge in [0.25, 0.3) is 0 Å². The van der Waals surface area contributed by atoms with Gasteiger partial charge in [-0.25, -0.2) is 0 Å².